The van der Waals surface area contributed by atoms with Crippen molar-refractivity contribution < 1.29 is 24.5 Å². The highest BCUT2D eigenvalue weighted by atomic mass is 16.6. The molecule has 1 aliphatic heterocycles. The van der Waals surface area contributed by atoms with E-state index in [0.29, 0.717) is 34.5 Å². The highest BCUT2D eigenvalue weighted by Crippen LogP contribution is 2.89. The Bertz CT molecular complexity index is 1030. The summed E-state index contributed by atoms with van der Waals surface area (Å²) in [6.07, 6.45) is 9.68. The number of rotatable bonds is 4. The molecule has 5 heteroatoms. The van der Waals surface area contributed by atoms with E-state index >= 15 is 0 Å². The molecule has 0 radical (unpaired) electrons. The first kappa shape index (κ1) is 27.2. The third-order valence-corrected chi connectivity index (χ3v) is 15.0. The van der Waals surface area contributed by atoms with Gasteiger partial charge in [-0.3, -0.25) is 4.79 Å². The molecular formula is C34H54O5. The third-order valence-electron chi connectivity index (χ3n) is 15.0. The Labute approximate surface area is 236 Å². The van der Waals surface area contributed by atoms with Gasteiger partial charge < -0.3 is 19.7 Å². The van der Waals surface area contributed by atoms with Crippen LogP contribution in [0.1, 0.15) is 113 Å². The Balaban J connectivity index is 1.20. The minimum absolute atomic E-state index is 0.0226. The first-order chi connectivity index (χ1) is 18.2. The van der Waals surface area contributed by atoms with Gasteiger partial charge >= 0.3 is 5.97 Å². The standard InChI is InChI=1S/C34H54O5/c1-18(2)26(39-29(37)20-8-9-20)21-16-19(3)25-27(38-21)28(36)32(7)23-11-10-22-30(4,5)24(35)12-13-33(22)17-34(23,33)15-14-31(25,32)6/h18-28,35-36H,8-17H2,1-7H3/t19-,21?,22+,23?,24?,25+,26?,27?,28+,31?,32-,33?,34?/m1/s1. The molecule has 0 aromatic heterocycles. The number of hydrogen-bond donors (Lipinski definition) is 2. The molecule has 5 nitrogen and oxygen atoms in total. The van der Waals surface area contributed by atoms with Crippen LogP contribution in [0.5, 0.6) is 0 Å². The topological polar surface area (TPSA) is 76.0 Å². The summed E-state index contributed by atoms with van der Waals surface area (Å²) < 4.78 is 13.1. The second-order valence-electron chi connectivity index (χ2n) is 17.0. The van der Waals surface area contributed by atoms with Crippen molar-refractivity contribution in [2.24, 2.45) is 62.6 Å². The molecule has 6 saturated carbocycles. The molecule has 39 heavy (non-hydrogen) atoms. The Hall–Kier alpha value is -0.650. The second kappa shape index (κ2) is 8.25. The van der Waals surface area contributed by atoms with Gasteiger partial charge in [0.2, 0.25) is 0 Å². The third kappa shape index (κ3) is 3.22. The highest BCUT2D eigenvalue weighted by molar-refractivity contribution is 5.75. The zero-order chi connectivity index (χ0) is 27.9. The maximum absolute atomic E-state index is 12.7. The number of ether oxygens (including phenoxy) is 2. The molecule has 2 N–H and O–H groups in total. The SMILES string of the molecule is CC(C)C(OC(=O)C1CC1)C1C[C@@H](C)[C@H]2C(O1)[C@H](O)[C@@]1(C)C3CC[C@H]4C(C)(C)C(O)CCC45CC35CCC21C. The summed E-state index contributed by atoms with van der Waals surface area (Å²) in [6, 6.07) is 0. The van der Waals surface area contributed by atoms with Crippen LogP contribution in [0.15, 0.2) is 0 Å². The number of esters is 1. The Kier molecular flexibility index (Phi) is 5.75. The fourth-order valence-corrected chi connectivity index (χ4v) is 12.7. The molecule has 0 aromatic carbocycles. The van der Waals surface area contributed by atoms with Gasteiger partial charge in [0.25, 0.3) is 0 Å². The van der Waals surface area contributed by atoms with Gasteiger partial charge in [-0.15, -0.1) is 0 Å². The first-order valence-corrected chi connectivity index (χ1v) is 16.5. The molecule has 8 unspecified atom stereocenters. The van der Waals surface area contributed by atoms with Gasteiger partial charge in [-0.2, -0.15) is 0 Å². The van der Waals surface area contributed by atoms with Gasteiger partial charge in [-0.05, 0) is 115 Å². The van der Waals surface area contributed by atoms with Gasteiger partial charge in [0.1, 0.15) is 6.10 Å². The summed E-state index contributed by atoms with van der Waals surface area (Å²) in [6.45, 7) is 16.2. The summed E-state index contributed by atoms with van der Waals surface area (Å²) in [5.74, 6) is 2.06. The van der Waals surface area contributed by atoms with Crippen molar-refractivity contribution in [3.05, 3.63) is 0 Å². The number of aliphatic hydroxyl groups excluding tert-OH is 2. The second-order valence-corrected chi connectivity index (χ2v) is 17.0. The number of hydrogen-bond acceptors (Lipinski definition) is 5. The summed E-state index contributed by atoms with van der Waals surface area (Å²) in [5, 5.41) is 23.4. The van der Waals surface area contributed by atoms with E-state index in [1.807, 2.05) is 0 Å². The average molecular weight is 543 g/mol. The molecule has 2 spiro atoms. The van der Waals surface area contributed by atoms with Gasteiger partial charge in [-0.1, -0.05) is 48.5 Å². The fraction of sp³-hybridized carbons (Fsp3) is 0.971. The van der Waals surface area contributed by atoms with Gasteiger partial charge in [-0.25, -0.2) is 0 Å². The molecule has 1 saturated heterocycles. The molecular weight excluding hydrogens is 488 g/mol. The molecule has 7 rings (SSSR count). The van der Waals surface area contributed by atoms with Crippen molar-refractivity contribution >= 4 is 5.97 Å². The quantitative estimate of drug-likeness (QED) is 0.418. The molecule has 0 aromatic rings. The number of aliphatic hydroxyl groups is 2. The molecule has 0 amide bonds. The molecule has 7 aliphatic rings. The zero-order valence-corrected chi connectivity index (χ0v) is 25.5. The highest BCUT2D eigenvalue weighted by Gasteiger charge is 2.84. The van der Waals surface area contributed by atoms with Crippen molar-refractivity contribution in [3.63, 3.8) is 0 Å². The molecule has 1 heterocycles. The lowest BCUT2D eigenvalue weighted by atomic mass is 9.41. The van der Waals surface area contributed by atoms with Crippen LogP contribution in [0.2, 0.25) is 0 Å². The first-order valence-electron chi connectivity index (χ1n) is 16.5. The van der Waals surface area contributed by atoms with E-state index in [2.05, 4.69) is 48.5 Å². The van der Waals surface area contributed by atoms with E-state index in [1.165, 1.54) is 25.7 Å². The number of carbonyl (C=O) groups excluding carboxylic acids is 1. The zero-order valence-electron chi connectivity index (χ0n) is 25.5. The van der Waals surface area contributed by atoms with Gasteiger partial charge in [0.15, 0.2) is 0 Å². The molecule has 6 aliphatic carbocycles. The molecule has 13 atom stereocenters. The smallest absolute Gasteiger partial charge is 0.309 e. The lowest BCUT2D eigenvalue weighted by molar-refractivity contribution is -0.197. The van der Waals surface area contributed by atoms with Crippen molar-refractivity contribution in [3.8, 4) is 0 Å². The molecule has 0 bridgehead atoms. The van der Waals surface area contributed by atoms with Gasteiger partial charge in [0, 0.05) is 5.41 Å². The maximum atomic E-state index is 12.7. The largest absolute Gasteiger partial charge is 0.459 e. The van der Waals surface area contributed by atoms with E-state index in [-0.39, 0.29) is 58.5 Å². The molecule has 220 valence electrons. The van der Waals surface area contributed by atoms with E-state index in [4.69, 9.17) is 9.47 Å². The predicted octanol–water partition coefficient (Wildman–Crippen LogP) is 6.14. The van der Waals surface area contributed by atoms with Crippen LogP contribution < -0.4 is 0 Å². The van der Waals surface area contributed by atoms with E-state index < -0.39 is 6.10 Å². The minimum Gasteiger partial charge on any atom is -0.459 e. The lowest BCUT2D eigenvalue weighted by Gasteiger charge is -2.63. The van der Waals surface area contributed by atoms with Crippen LogP contribution >= 0.6 is 0 Å². The number of fused-ring (bicyclic) bond motifs is 4. The molecule has 7 fully saturated rings. The normalized spacial score (nSPS) is 55.9. The van der Waals surface area contributed by atoms with Crippen molar-refractivity contribution in [2.45, 2.75) is 143 Å². The van der Waals surface area contributed by atoms with E-state index in [1.54, 1.807) is 0 Å². The Morgan fingerprint density at radius 1 is 0.923 bits per heavy atom. The summed E-state index contributed by atoms with van der Waals surface area (Å²) in [4.78, 5) is 12.7. The van der Waals surface area contributed by atoms with Crippen molar-refractivity contribution in [1.82, 2.24) is 0 Å². The Morgan fingerprint density at radius 2 is 1.59 bits per heavy atom. The van der Waals surface area contributed by atoms with Crippen LogP contribution in [0.25, 0.3) is 0 Å². The van der Waals surface area contributed by atoms with E-state index in [9.17, 15) is 15.0 Å². The van der Waals surface area contributed by atoms with Crippen LogP contribution in [-0.2, 0) is 14.3 Å². The average Bonchev–Trinajstić information content (AvgIpc) is 3.79. The van der Waals surface area contributed by atoms with Crippen LogP contribution in [0.3, 0.4) is 0 Å². The van der Waals surface area contributed by atoms with Crippen molar-refractivity contribution in [2.75, 3.05) is 0 Å². The fourth-order valence-electron chi connectivity index (χ4n) is 12.7. The Morgan fingerprint density at radius 3 is 2.26 bits per heavy atom. The van der Waals surface area contributed by atoms with Crippen LogP contribution in [-0.4, -0.2) is 46.7 Å². The van der Waals surface area contributed by atoms with Crippen LogP contribution in [0.4, 0.5) is 0 Å². The summed E-state index contributed by atoms with van der Waals surface area (Å²) >= 11 is 0. The van der Waals surface area contributed by atoms with Crippen LogP contribution in [0, 0.1) is 62.6 Å². The summed E-state index contributed by atoms with van der Waals surface area (Å²) in [7, 11) is 0. The van der Waals surface area contributed by atoms with Gasteiger partial charge in [0.05, 0.1) is 30.3 Å². The monoisotopic (exact) mass is 542 g/mol. The predicted molar refractivity (Wildman–Crippen MR) is 150 cm³/mol. The summed E-state index contributed by atoms with van der Waals surface area (Å²) in [5.41, 5.74) is 0.502. The lowest BCUT2D eigenvalue weighted by Crippen LogP contribution is -2.59. The van der Waals surface area contributed by atoms with E-state index in [0.717, 1.165) is 38.5 Å². The number of carbonyl (C=O) groups is 1. The maximum Gasteiger partial charge on any atom is 0.309 e. The van der Waals surface area contributed by atoms with Crippen molar-refractivity contribution in [1.29, 1.82) is 0 Å². The minimum atomic E-state index is -0.497.